The van der Waals surface area contributed by atoms with Crippen LogP contribution in [0.2, 0.25) is 0 Å². The number of benzene rings is 2. The number of hydrogen-bond acceptors (Lipinski definition) is 4. The molecule has 3 aromatic rings. The predicted molar refractivity (Wildman–Crippen MR) is 105 cm³/mol. The van der Waals surface area contributed by atoms with Crippen LogP contribution in [-0.2, 0) is 13.0 Å². The van der Waals surface area contributed by atoms with E-state index < -0.39 is 0 Å². The Morgan fingerprint density at radius 1 is 1.04 bits per heavy atom. The van der Waals surface area contributed by atoms with E-state index in [9.17, 15) is 4.79 Å². The van der Waals surface area contributed by atoms with Crippen molar-refractivity contribution in [1.82, 2.24) is 5.16 Å². The normalized spacial score (nSPS) is 10.9. The summed E-state index contributed by atoms with van der Waals surface area (Å²) in [5.41, 5.74) is 6.93. The summed E-state index contributed by atoms with van der Waals surface area (Å²) in [7, 11) is 0. The van der Waals surface area contributed by atoms with Crippen LogP contribution >= 0.6 is 0 Å². The lowest BCUT2D eigenvalue weighted by atomic mass is 9.95. The van der Waals surface area contributed by atoms with Gasteiger partial charge in [0.1, 0.15) is 18.1 Å². The fourth-order valence-electron chi connectivity index (χ4n) is 3.17. The molecule has 0 spiro atoms. The minimum absolute atomic E-state index is 0.124. The van der Waals surface area contributed by atoms with Gasteiger partial charge in [0.05, 0.1) is 11.3 Å². The lowest BCUT2D eigenvalue weighted by Gasteiger charge is -2.11. The minimum Gasteiger partial charge on any atom is -0.489 e. The van der Waals surface area contributed by atoms with Crippen molar-refractivity contribution in [3.05, 3.63) is 81.2 Å². The summed E-state index contributed by atoms with van der Waals surface area (Å²) >= 11 is 0. The van der Waals surface area contributed by atoms with Crippen molar-refractivity contribution >= 4 is 5.78 Å². The molecule has 3 rings (SSSR count). The van der Waals surface area contributed by atoms with Gasteiger partial charge >= 0.3 is 0 Å². The maximum Gasteiger partial charge on any atom is 0.167 e. The molecule has 2 aromatic carbocycles. The lowest BCUT2D eigenvalue weighted by Crippen LogP contribution is -2.08. The number of aromatic nitrogens is 1. The zero-order chi connectivity index (χ0) is 19.6. The number of ketones is 1. The first-order valence-electron chi connectivity index (χ1n) is 9.10. The molecule has 0 N–H and O–H groups in total. The van der Waals surface area contributed by atoms with Gasteiger partial charge in [0.25, 0.3) is 0 Å². The third-order valence-electron chi connectivity index (χ3n) is 5.13. The van der Waals surface area contributed by atoms with Crippen molar-refractivity contribution in [3.63, 3.8) is 0 Å². The summed E-state index contributed by atoms with van der Waals surface area (Å²) in [5.74, 6) is 1.62. The van der Waals surface area contributed by atoms with E-state index in [1.165, 1.54) is 11.1 Å². The van der Waals surface area contributed by atoms with Crippen molar-refractivity contribution in [2.75, 3.05) is 0 Å². The number of ether oxygens (including phenoxy) is 1. The van der Waals surface area contributed by atoms with E-state index in [0.29, 0.717) is 13.0 Å². The fraction of sp³-hybridized carbons (Fsp3) is 0.304. The molecule has 0 saturated heterocycles. The molecule has 0 radical (unpaired) electrons. The van der Waals surface area contributed by atoms with E-state index in [4.69, 9.17) is 9.26 Å². The Hall–Kier alpha value is -2.88. The summed E-state index contributed by atoms with van der Waals surface area (Å²) < 4.78 is 11.0. The molecule has 0 aliphatic heterocycles. The second kappa shape index (κ2) is 7.78. The first kappa shape index (κ1) is 18.9. The zero-order valence-corrected chi connectivity index (χ0v) is 16.6. The maximum atomic E-state index is 12.8. The average Bonchev–Trinajstić information content (AvgIpc) is 2.95. The predicted octanol–water partition coefficient (Wildman–Crippen LogP) is 5.22. The summed E-state index contributed by atoms with van der Waals surface area (Å²) in [6.07, 6.45) is 0.410. The van der Waals surface area contributed by atoms with Gasteiger partial charge in [-0.15, -0.1) is 0 Å². The van der Waals surface area contributed by atoms with Crippen LogP contribution in [0.4, 0.5) is 0 Å². The molecule has 0 amide bonds. The Morgan fingerprint density at radius 3 is 2.48 bits per heavy atom. The van der Waals surface area contributed by atoms with Gasteiger partial charge in [-0.05, 0) is 75.1 Å². The standard InChI is InChI=1S/C23H25NO3/c1-14-7-6-8-19(16(14)3)12-23(25)21-10-9-20(11-15(21)2)26-13-22-17(4)24-27-18(22)5/h6-11H,12-13H2,1-5H3. The highest BCUT2D eigenvalue weighted by atomic mass is 16.5. The number of carbonyl (C=O) groups excluding carboxylic acids is 1. The Balaban J connectivity index is 1.72. The third-order valence-corrected chi connectivity index (χ3v) is 5.13. The molecule has 4 heteroatoms. The highest BCUT2D eigenvalue weighted by molar-refractivity contribution is 5.99. The van der Waals surface area contributed by atoms with Crippen LogP contribution in [0.25, 0.3) is 0 Å². The second-order valence-corrected chi connectivity index (χ2v) is 7.03. The van der Waals surface area contributed by atoms with Crippen LogP contribution in [0, 0.1) is 34.6 Å². The number of Topliss-reactive ketones (excluding diaryl/α,β-unsaturated/α-hetero) is 1. The van der Waals surface area contributed by atoms with Crippen LogP contribution < -0.4 is 4.74 Å². The monoisotopic (exact) mass is 363 g/mol. The molecule has 4 nitrogen and oxygen atoms in total. The van der Waals surface area contributed by atoms with Gasteiger partial charge in [0.2, 0.25) is 0 Å². The summed E-state index contributed by atoms with van der Waals surface area (Å²) in [5, 5.41) is 3.94. The highest BCUT2D eigenvalue weighted by Crippen LogP contribution is 2.22. The van der Waals surface area contributed by atoms with E-state index in [1.54, 1.807) is 0 Å². The zero-order valence-electron chi connectivity index (χ0n) is 16.6. The molecule has 0 aliphatic rings. The Morgan fingerprint density at radius 2 is 1.81 bits per heavy atom. The van der Waals surface area contributed by atoms with E-state index in [2.05, 4.69) is 25.1 Å². The van der Waals surface area contributed by atoms with Crippen molar-refractivity contribution in [2.45, 2.75) is 47.6 Å². The maximum absolute atomic E-state index is 12.8. The molecular formula is C23H25NO3. The van der Waals surface area contributed by atoms with Gasteiger partial charge in [-0.3, -0.25) is 4.79 Å². The van der Waals surface area contributed by atoms with Gasteiger partial charge in [0, 0.05) is 12.0 Å². The van der Waals surface area contributed by atoms with Gasteiger partial charge in [0.15, 0.2) is 5.78 Å². The van der Waals surface area contributed by atoms with Gasteiger partial charge in [-0.2, -0.15) is 0 Å². The first-order chi connectivity index (χ1) is 12.9. The minimum atomic E-state index is 0.124. The summed E-state index contributed by atoms with van der Waals surface area (Å²) in [6.45, 7) is 10.3. The fourth-order valence-corrected chi connectivity index (χ4v) is 3.17. The smallest absolute Gasteiger partial charge is 0.167 e. The van der Waals surface area contributed by atoms with Crippen LogP contribution in [0.5, 0.6) is 5.75 Å². The Bertz CT molecular complexity index is 966. The van der Waals surface area contributed by atoms with E-state index in [0.717, 1.165) is 39.5 Å². The van der Waals surface area contributed by atoms with Crippen LogP contribution in [0.3, 0.4) is 0 Å². The molecule has 27 heavy (non-hydrogen) atoms. The quantitative estimate of drug-likeness (QED) is 0.563. The molecular weight excluding hydrogens is 338 g/mol. The molecule has 0 bridgehead atoms. The average molecular weight is 363 g/mol. The van der Waals surface area contributed by atoms with Gasteiger partial charge < -0.3 is 9.26 Å². The summed E-state index contributed by atoms with van der Waals surface area (Å²) in [6, 6.07) is 11.7. The van der Waals surface area contributed by atoms with Crippen molar-refractivity contribution in [3.8, 4) is 5.75 Å². The van der Waals surface area contributed by atoms with Crippen LogP contribution in [0.1, 0.15) is 49.6 Å². The molecule has 0 aliphatic carbocycles. The molecule has 0 unspecified atom stereocenters. The van der Waals surface area contributed by atoms with Gasteiger partial charge in [-0.1, -0.05) is 23.4 Å². The molecule has 1 heterocycles. The number of hydrogen-bond donors (Lipinski definition) is 0. The number of aryl methyl sites for hydroxylation is 4. The van der Waals surface area contributed by atoms with Crippen molar-refractivity contribution in [2.24, 2.45) is 0 Å². The second-order valence-electron chi connectivity index (χ2n) is 7.03. The number of nitrogens with zero attached hydrogens (tertiary/aromatic N) is 1. The SMILES string of the molecule is Cc1cc(OCc2c(C)noc2C)ccc1C(=O)Cc1cccc(C)c1C. The molecule has 1 aromatic heterocycles. The Labute approximate surface area is 160 Å². The van der Waals surface area contributed by atoms with E-state index in [1.807, 2.05) is 51.1 Å². The number of carbonyl (C=O) groups is 1. The first-order valence-corrected chi connectivity index (χ1v) is 9.10. The molecule has 140 valence electrons. The topological polar surface area (TPSA) is 52.3 Å². The van der Waals surface area contributed by atoms with Gasteiger partial charge in [-0.25, -0.2) is 0 Å². The molecule has 0 fully saturated rings. The van der Waals surface area contributed by atoms with Crippen LogP contribution in [0.15, 0.2) is 40.9 Å². The van der Waals surface area contributed by atoms with Crippen LogP contribution in [-0.4, -0.2) is 10.9 Å². The highest BCUT2D eigenvalue weighted by Gasteiger charge is 2.14. The number of rotatable bonds is 6. The molecule has 0 saturated carbocycles. The largest absolute Gasteiger partial charge is 0.489 e. The molecule has 0 atom stereocenters. The van der Waals surface area contributed by atoms with Crippen molar-refractivity contribution < 1.29 is 14.1 Å². The summed E-state index contributed by atoms with van der Waals surface area (Å²) in [4.78, 5) is 12.8. The van der Waals surface area contributed by atoms with Crippen molar-refractivity contribution in [1.29, 1.82) is 0 Å². The third kappa shape index (κ3) is 4.11. The van der Waals surface area contributed by atoms with E-state index >= 15 is 0 Å². The lowest BCUT2D eigenvalue weighted by molar-refractivity contribution is 0.0992. The Kier molecular flexibility index (Phi) is 5.45. The van der Waals surface area contributed by atoms with E-state index in [-0.39, 0.29) is 5.78 Å².